The fourth-order valence-electron chi connectivity index (χ4n) is 2.85. The van der Waals surface area contributed by atoms with Gasteiger partial charge in [-0.25, -0.2) is 9.97 Å². The van der Waals surface area contributed by atoms with E-state index in [1.807, 2.05) is 76.2 Å². The summed E-state index contributed by atoms with van der Waals surface area (Å²) in [7, 11) is 0. The van der Waals surface area contributed by atoms with Crippen molar-refractivity contribution in [3.05, 3.63) is 82.6 Å². The van der Waals surface area contributed by atoms with Gasteiger partial charge in [-0.1, -0.05) is 47.5 Å². The van der Waals surface area contributed by atoms with E-state index in [1.165, 1.54) is 0 Å². The van der Waals surface area contributed by atoms with E-state index in [-0.39, 0.29) is 0 Å². The first-order valence-corrected chi connectivity index (χ1v) is 10.9. The number of rotatable bonds is 4. The maximum absolute atomic E-state index is 5.96. The molecule has 2 aromatic heterocycles. The molecule has 2 heterocycles. The highest BCUT2D eigenvalue weighted by atomic mass is 35.5. The molecular weight excluding hydrogens is 443 g/mol. The third kappa shape index (κ3) is 6.20. The Morgan fingerprint density at radius 1 is 0.625 bits per heavy atom. The van der Waals surface area contributed by atoms with Crippen LogP contribution in [-0.2, 0) is 11.1 Å². The zero-order chi connectivity index (χ0) is 23.5. The molecule has 0 aliphatic heterocycles. The topological polar surface area (TPSA) is 109 Å². The van der Waals surface area contributed by atoms with Crippen molar-refractivity contribution in [3.63, 3.8) is 0 Å². The average molecular weight is 471 g/mol. The Hall–Kier alpha value is -2.64. The van der Waals surface area contributed by atoms with E-state index in [1.54, 1.807) is 12.4 Å². The number of aromatic nitrogens is 4. The molecule has 4 aromatic rings. The van der Waals surface area contributed by atoms with Crippen LogP contribution in [0.25, 0.3) is 22.5 Å². The summed E-state index contributed by atoms with van der Waals surface area (Å²) in [5, 5.41) is 1.45. The number of imidazole rings is 2. The Morgan fingerprint density at radius 3 is 1.19 bits per heavy atom. The molecule has 4 rings (SSSR count). The van der Waals surface area contributed by atoms with Crippen molar-refractivity contribution < 1.29 is 0 Å². The summed E-state index contributed by atoms with van der Waals surface area (Å²) in [6.07, 6.45) is 3.57. The lowest BCUT2D eigenvalue weighted by atomic mass is 10.1. The Labute approximate surface area is 198 Å². The fourth-order valence-corrected chi connectivity index (χ4v) is 3.10. The number of aromatic amines is 2. The van der Waals surface area contributed by atoms with Crippen molar-refractivity contribution in [2.75, 3.05) is 0 Å². The van der Waals surface area contributed by atoms with Crippen LogP contribution >= 0.6 is 23.2 Å². The summed E-state index contributed by atoms with van der Waals surface area (Å²) in [5.41, 5.74) is 15.0. The van der Waals surface area contributed by atoms with Gasteiger partial charge >= 0.3 is 0 Å². The van der Waals surface area contributed by atoms with Crippen LogP contribution in [0.4, 0.5) is 0 Å². The monoisotopic (exact) mass is 470 g/mol. The maximum Gasteiger partial charge on any atom is 0.126 e. The van der Waals surface area contributed by atoms with E-state index in [0.29, 0.717) is 0 Å². The van der Waals surface area contributed by atoms with Crippen LogP contribution in [0.5, 0.6) is 0 Å². The van der Waals surface area contributed by atoms with Gasteiger partial charge in [0, 0.05) is 10.0 Å². The Bertz CT molecular complexity index is 1050. The van der Waals surface area contributed by atoms with Gasteiger partial charge in [-0.3, -0.25) is 0 Å². The average Bonchev–Trinajstić information content (AvgIpc) is 3.39. The van der Waals surface area contributed by atoms with E-state index in [4.69, 9.17) is 34.7 Å². The molecule has 168 valence electrons. The summed E-state index contributed by atoms with van der Waals surface area (Å²) in [6, 6.07) is 15.2. The van der Waals surface area contributed by atoms with Gasteiger partial charge in [-0.2, -0.15) is 0 Å². The first kappa shape index (κ1) is 24.0. The van der Waals surface area contributed by atoms with E-state index in [9.17, 15) is 0 Å². The van der Waals surface area contributed by atoms with Gasteiger partial charge in [-0.15, -0.1) is 0 Å². The summed E-state index contributed by atoms with van der Waals surface area (Å²) in [4.78, 5) is 15.0. The van der Waals surface area contributed by atoms with E-state index in [2.05, 4.69) is 19.9 Å². The van der Waals surface area contributed by atoms with Crippen molar-refractivity contribution in [1.29, 1.82) is 0 Å². The van der Waals surface area contributed by atoms with E-state index in [0.717, 1.165) is 44.2 Å². The number of H-pyrrole nitrogens is 2. The Balaban J connectivity index is 0.000000181. The van der Waals surface area contributed by atoms with Crippen molar-refractivity contribution in [2.45, 2.75) is 38.8 Å². The third-order valence-electron chi connectivity index (χ3n) is 4.68. The molecule has 0 aliphatic rings. The van der Waals surface area contributed by atoms with Gasteiger partial charge in [0.05, 0.1) is 34.9 Å². The number of hydrogen-bond donors (Lipinski definition) is 4. The number of nitrogens with zero attached hydrogens (tertiary/aromatic N) is 2. The van der Waals surface area contributed by atoms with Crippen molar-refractivity contribution in [2.24, 2.45) is 11.5 Å². The largest absolute Gasteiger partial charge is 0.340 e. The van der Waals surface area contributed by atoms with Crippen LogP contribution in [0.15, 0.2) is 60.9 Å². The predicted octanol–water partition coefficient (Wildman–Crippen LogP) is 5.85. The van der Waals surface area contributed by atoms with Crippen LogP contribution in [0.3, 0.4) is 0 Å². The standard InChI is InChI=1S/2C12H14ClN3/c2*1-12(2,14)11-15-7-10(16-11)8-3-5-9(13)6-4-8/h2*3-7H,14H2,1-2H3,(H,15,16). The zero-order valence-corrected chi connectivity index (χ0v) is 20.1. The molecule has 0 fully saturated rings. The summed E-state index contributed by atoms with van der Waals surface area (Å²) in [5.74, 6) is 1.55. The van der Waals surface area contributed by atoms with Crippen molar-refractivity contribution in [3.8, 4) is 22.5 Å². The number of nitrogens with two attached hydrogens (primary N) is 2. The highest BCUT2D eigenvalue weighted by Crippen LogP contribution is 2.23. The van der Waals surface area contributed by atoms with Gasteiger partial charge in [0.25, 0.3) is 0 Å². The van der Waals surface area contributed by atoms with Crippen LogP contribution in [-0.4, -0.2) is 19.9 Å². The number of halogens is 2. The minimum atomic E-state index is -0.454. The Morgan fingerprint density at radius 2 is 0.938 bits per heavy atom. The van der Waals surface area contributed by atoms with Gasteiger partial charge < -0.3 is 21.4 Å². The van der Waals surface area contributed by atoms with E-state index >= 15 is 0 Å². The van der Waals surface area contributed by atoms with Crippen molar-refractivity contribution >= 4 is 23.2 Å². The summed E-state index contributed by atoms with van der Waals surface area (Å²) < 4.78 is 0. The molecule has 32 heavy (non-hydrogen) atoms. The minimum absolute atomic E-state index is 0.454. The first-order valence-electron chi connectivity index (χ1n) is 10.1. The quantitative estimate of drug-likeness (QED) is 0.299. The number of hydrogen-bond acceptors (Lipinski definition) is 4. The van der Waals surface area contributed by atoms with Crippen LogP contribution in [0.2, 0.25) is 10.0 Å². The second-order valence-corrected chi connectivity index (χ2v) is 9.62. The molecule has 0 atom stereocenters. The third-order valence-corrected chi connectivity index (χ3v) is 5.19. The van der Waals surface area contributed by atoms with Gasteiger partial charge in [0.1, 0.15) is 11.6 Å². The van der Waals surface area contributed by atoms with Gasteiger partial charge in [0.2, 0.25) is 0 Å². The van der Waals surface area contributed by atoms with Crippen LogP contribution in [0.1, 0.15) is 39.3 Å². The summed E-state index contributed by atoms with van der Waals surface area (Å²) >= 11 is 11.7. The number of benzene rings is 2. The molecule has 0 amide bonds. The molecule has 8 heteroatoms. The van der Waals surface area contributed by atoms with Crippen LogP contribution < -0.4 is 11.5 Å². The lowest BCUT2D eigenvalue weighted by molar-refractivity contribution is 0.520. The zero-order valence-electron chi connectivity index (χ0n) is 18.6. The second-order valence-electron chi connectivity index (χ2n) is 8.75. The lowest BCUT2D eigenvalue weighted by Crippen LogP contribution is -2.30. The minimum Gasteiger partial charge on any atom is -0.340 e. The normalized spacial score (nSPS) is 11.8. The molecule has 6 N–H and O–H groups in total. The van der Waals surface area contributed by atoms with Gasteiger partial charge in [-0.05, 0) is 63.1 Å². The molecule has 0 saturated carbocycles. The molecule has 0 saturated heterocycles. The molecule has 0 bridgehead atoms. The molecule has 6 nitrogen and oxygen atoms in total. The first-order chi connectivity index (χ1) is 14.9. The highest BCUT2D eigenvalue weighted by Gasteiger charge is 2.19. The number of nitrogens with one attached hydrogen (secondary N) is 2. The maximum atomic E-state index is 5.96. The molecule has 0 radical (unpaired) electrons. The van der Waals surface area contributed by atoms with Crippen molar-refractivity contribution in [1.82, 2.24) is 19.9 Å². The SMILES string of the molecule is CC(C)(N)c1ncc(-c2ccc(Cl)cc2)[nH]1.CC(C)(N)c1ncc(-c2ccc(Cl)cc2)[nH]1. The molecule has 2 aromatic carbocycles. The molecule has 0 aliphatic carbocycles. The fraction of sp³-hybridized carbons (Fsp3) is 0.250. The second kappa shape index (κ2) is 9.46. The summed E-state index contributed by atoms with van der Waals surface area (Å²) in [6.45, 7) is 7.66. The molecule has 0 spiro atoms. The van der Waals surface area contributed by atoms with E-state index < -0.39 is 11.1 Å². The predicted molar refractivity (Wildman–Crippen MR) is 132 cm³/mol. The Kier molecular flexibility index (Phi) is 7.10. The lowest BCUT2D eigenvalue weighted by Gasteiger charge is -2.14. The molecular formula is C24H28Cl2N6. The smallest absolute Gasteiger partial charge is 0.126 e. The highest BCUT2D eigenvalue weighted by molar-refractivity contribution is 6.30. The van der Waals surface area contributed by atoms with Crippen LogP contribution in [0, 0.1) is 0 Å². The molecule has 0 unspecified atom stereocenters. The van der Waals surface area contributed by atoms with Gasteiger partial charge in [0.15, 0.2) is 0 Å².